The average Bonchev–Trinajstić information content (AvgIpc) is 2.83. The predicted molar refractivity (Wildman–Crippen MR) is 78.2 cm³/mol. The SMILES string of the molecule is CC(C)CC(=O)N1CCN(C(=O)C2CCNC2C)CC1. The van der Waals surface area contributed by atoms with Gasteiger partial charge in [0.1, 0.15) is 0 Å². The molecule has 2 aliphatic rings. The zero-order valence-corrected chi connectivity index (χ0v) is 12.9. The smallest absolute Gasteiger partial charge is 0.227 e. The lowest BCUT2D eigenvalue weighted by Gasteiger charge is -2.36. The van der Waals surface area contributed by atoms with Gasteiger partial charge in [-0.25, -0.2) is 0 Å². The second-order valence-corrected chi connectivity index (χ2v) is 6.44. The Kier molecular flexibility index (Phi) is 5.02. The van der Waals surface area contributed by atoms with E-state index in [0.717, 1.165) is 13.0 Å². The maximum atomic E-state index is 12.4. The van der Waals surface area contributed by atoms with E-state index in [4.69, 9.17) is 0 Å². The second-order valence-electron chi connectivity index (χ2n) is 6.44. The topological polar surface area (TPSA) is 52.7 Å². The van der Waals surface area contributed by atoms with Gasteiger partial charge in [0.25, 0.3) is 0 Å². The van der Waals surface area contributed by atoms with Crippen molar-refractivity contribution in [2.24, 2.45) is 11.8 Å². The Morgan fingerprint density at radius 2 is 1.75 bits per heavy atom. The fourth-order valence-corrected chi connectivity index (χ4v) is 3.09. The molecule has 2 heterocycles. The van der Waals surface area contributed by atoms with Crippen LogP contribution in [0.5, 0.6) is 0 Å². The summed E-state index contributed by atoms with van der Waals surface area (Å²) in [4.78, 5) is 28.3. The Morgan fingerprint density at radius 1 is 1.15 bits per heavy atom. The van der Waals surface area contributed by atoms with Gasteiger partial charge in [0.2, 0.25) is 11.8 Å². The molecule has 5 nitrogen and oxygen atoms in total. The van der Waals surface area contributed by atoms with E-state index in [2.05, 4.69) is 26.1 Å². The maximum Gasteiger partial charge on any atom is 0.227 e. The van der Waals surface area contributed by atoms with Crippen LogP contribution in [0.4, 0.5) is 0 Å². The fraction of sp³-hybridized carbons (Fsp3) is 0.867. The van der Waals surface area contributed by atoms with Crippen molar-refractivity contribution in [1.29, 1.82) is 0 Å². The molecule has 2 rings (SSSR count). The van der Waals surface area contributed by atoms with Crippen molar-refractivity contribution < 1.29 is 9.59 Å². The van der Waals surface area contributed by atoms with Crippen molar-refractivity contribution in [3.63, 3.8) is 0 Å². The number of rotatable bonds is 3. The molecule has 0 saturated carbocycles. The van der Waals surface area contributed by atoms with Crippen molar-refractivity contribution in [1.82, 2.24) is 15.1 Å². The van der Waals surface area contributed by atoms with Gasteiger partial charge in [-0.2, -0.15) is 0 Å². The molecule has 0 radical (unpaired) electrons. The summed E-state index contributed by atoms with van der Waals surface area (Å²) in [5, 5.41) is 3.33. The number of hydrogen-bond donors (Lipinski definition) is 1. The van der Waals surface area contributed by atoms with Crippen LogP contribution in [0.1, 0.15) is 33.6 Å². The third-order valence-electron chi connectivity index (χ3n) is 4.37. The van der Waals surface area contributed by atoms with Gasteiger partial charge in [0.15, 0.2) is 0 Å². The number of piperazine rings is 1. The molecule has 0 aromatic heterocycles. The fourth-order valence-electron chi connectivity index (χ4n) is 3.09. The van der Waals surface area contributed by atoms with E-state index in [1.54, 1.807) is 0 Å². The highest BCUT2D eigenvalue weighted by molar-refractivity contribution is 5.81. The number of amides is 2. The van der Waals surface area contributed by atoms with E-state index >= 15 is 0 Å². The van der Waals surface area contributed by atoms with Gasteiger partial charge in [-0.15, -0.1) is 0 Å². The van der Waals surface area contributed by atoms with Crippen LogP contribution in [0.2, 0.25) is 0 Å². The first kappa shape index (κ1) is 15.3. The van der Waals surface area contributed by atoms with Crippen LogP contribution in [-0.2, 0) is 9.59 Å². The normalized spacial score (nSPS) is 27.2. The summed E-state index contributed by atoms with van der Waals surface area (Å²) in [6.07, 6.45) is 1.55. The first-order valence-corrected chi connectivity index (χ1v) is 7.79. The Labute approximate surface area is 121 Å². The highest BCUT2D eigenvalue weighted by Crippen LogP contribution is 2.19. The molecule has 0 bridgehead atoms. The third kappa shape index (κ3) is 3.51. The van der Waals surface area contributed by atoms with E-state index < -0.39 is 0 Å². The highest BCUT2D eigenvalue weighted by atomic mass is 16.2. The Hall–Kier alpha value is -1.10. The first-order chi connectivity index (χ1) is 9.49. The minimum atomic E-state index is 0.118. The second kappa shape index (κ2) is 6.57. The zero-order chi connectivity index (χ0) is 14.7. The number of nitrogens with one attached hydrogen (secondary N) is 1. The van der Waals surface area contributed by atoms with E-state index in [1.807, 2.05) is 9.80 Å². The molecule has 2 amide bonds. The maximum absolute atomic E-state index is 12.4. The van der Waals surface area contributed by atoms with E-state index in [0.29, 0.717) is 38.5 Å². The van der Waals surface area contributed by atoms with Gasteiger partial charge in [-0.3, -0.25) is 9.59 Å². The molecule has 20 heavy (non-hydrogen) atoms. The molecule has 2 unspecified atom stereocenters. The van der Waals surface area contributed by atoms with Crippen molar-refractivity contribution >= 4 is 11.8 Å². The summed E-state index contributed by atoms with van der Waals surface area (Å²) in [6.45, 7) is 9.89. The zero-order valence-electron chi connectivity index (χ0n) is 12.9. The van der Waals surface area contributed by atoms with Crippen molar-refractivity contribution in [2.45, 2.75) is 39.7 Å². The lowest BCUT2D eigenvalue weighted by atomic mass is 10.00. The van der Waals surface area contributed by atoms with Crippen molar-refractivity contribution in [3.8, 4) is 0 Å². The Morgan fingerprint density at radius 3 is 2.25 bits per heavy atom. The van der Waals surface area contributed by atoms with Crippen LogP contribution in [0.25, 0.3) is 0 Å². The average molecular weight is 281 g/mol. The van der Waals surface area contributed by atoms with Crippen LogP contribution in [-0.4, -0.2) is 60.4 Å². The molecule has 2 aliphatic heterocycles. The predicted octanol–water partition coefficient (Wildman–Crippen LogP) is 0.701. The van der Waals surface area contributed by atoms with Gasteiger partial charge in [-0.05, 0) is 25.8 Å². The molecule has 0 spiro atoms. The van der Waals surface area contributed by atoms with Gasteiger partial charge in [-0.1, -0.05) is 13.8 Å². The molecule has 1 N–H and O–H groups in total. The quantitative estimate of drug-likeness (QED) is 0.828. The summed E-state index contributed by atoms with van der Waals surface area (Å²) >= 11 is 0. The Balaban J connectivity index is 1.82. The minimum absolute atomic E-state index is 0.118. The molecule has 2 saturated heterocycles. The van der Waals surface area contributed by atoms with Gasteiger partial charge in [0, 0.05) is 38.6 Å². The number of hydrogen-bond acceptors (Lipinski definition) is 3. The van der Waals surface area contributed by atoms with Crippen LogP contribution in [0.3, 0.4) is 0 Å². The molecule has 5 heteroatoms. The summed E-state index contributed by atoms with van der Waals surface area (Å²) < 4.78 is 0. The van der Waals surface area contributed by atoms with Crippen LogP contribution >= 0.6 is 0 Å². The summed E-state index contributed by atoms with van der Waals surface area (Å²) in [6, 6.07) is 0.281. The lowest BCUT2D eigenvalue weighted by molar-refractivity contribution is -0.142. The number of carbonyl (C=O) groups is 2. The molecule has 2 fully saturated rings. The molecule has 0 aromatic rings. The minimum Gasteiger partial charge on any atom is -0.339 e. The summed E-state index contributed by atoms with van der Waals surface area (Å²) in [5.41, 5.74) is 0. The van der Waals surface area contributed by atoms with Gasteiger partial charge >= 0.3 is 0 Å². The van der Waals surface area contributed by atoms with Crippen molar-refractivity contribution in [3.05, 3.63) is 0 Å². The van der Waals surface area contributed by atoms with Gasteiger partial charge in [0.05, 0.1) is 5.92 Å². The molecular weight excluding hydrogens is 254 g/mol. The molecular formula is C15H27N3O2. The van der Waals surface area contributed by atoms with Crippen LogP contribution in [0.15, 0.2) is 0 Å². The monoisotopic (exact) mass is 281 g/mol. The highest BCUT2D eigenvalue weighted by Gasteiger charge is 2.34. The lowest BCUT2D eigenvalue weighted by Crippen LogP contribution is -2.53. The van der Waals surface area contributed by atoms with Crippen LogP contribution < -0.4 is 5.32 Å². The summed E-state index contributed by atoms with van der Waals surface area (Å²) in [5.74, 6) is 1.00. The third-order valence-corrected chi connectivity index (χ3v) is 4.37. The van der Waals surface area contributed by atoms with E-state index in [1.165, 1.54) is 0 Å². The number of nitrogens with zero attached hydrogens (tertiary/aromatic N) is 2. The summed E-state index contributed by atoms with van der Waals surface area (Å²) in [7, 11) is 0. The standard InChI is InChI=1S/C15H27N3O2/c1-11(2)10-14(19)17-6-8-18(9-7-17)15(20)13-4-5-16-12(13)3/h11-13,16H,4-10H2,1-3H3. The van der Waals surface area contributed by atoms with Gasteiger partial charge < -0.3 is 15.1 Å². The molecule has 2 atom stereocenters. The van der Waals surface area contributed by atoms with Crippen molar-refractivity contribution in [2.75, 3.05) is 32.7 Å². The largest absolute Gasteiger partial charge is 0.339 e. The van der Waals surface area contributed by atoms with E-state index in [-0.39, 0.29) is 23.8 Å². The first-order valence-electron chi connectivity index (χ1n) is 7.79. The number of carbonyl (C=O) groups excluding carboxylic acids is 2. The molecule has 0 aromatic carbocycles. The molecule has 0 aliphatic carbocycles. The van der Waals surface area contributed by atoms with Crippen LogP contribution in [0, 0.1) is 11.8 Å². The molecule has 114 valence electrons. The van der Waals surface area contributed by atoms with E-state index in [9.17, 15) is 9.59 Å². The Bertz CT molecular complexity index is 362.